The van der Waals surface area contributed by atoms with Gasteiger partial charge in [0.1, 0.15) is 0 Å². The van der Waals surface area contributed by atoms with Crippen molar-refractivity contribution in [3.63, 3.8) is 0 Å². The van der Waals surface area contributed by atoms with Gasteiger partial charge in [-0.2, -0.15) is 0 Å². The molecule has 2 rings (SSSR count). The van der Waals surface area contributed by atoms with Crippen LogP contribution in [0.4, 0.5) is 5.69 Å². The molecule has 0 fully saturated rings. The number of hydrogen-bond acceptors (Lipinski definition) is 3. The third-order valence-electron chi connectivity index (χ3n) is 3.03. The van der Waals surface area contributed by atoms with E-state index in [0.717, 1.165) is 10.0 Å². The topological polar surface area (TPSA) is 80.4 Å². The van der Waals surface area contributed by atoms with Gasteiger partial charge in [-0.05, 0) is 22.8 Å². The van der Waals surface area contributed by atoms with Crippen molar-refractivity contribution in [2.75, 3.05) is 0 Å². The average molecular weight is 362 g/mol. The summed E-state index contributed by atoms with van der Waals surface area (Å²) < 4.78 is 0.886. The van der Waals surface area contributed by atoms with Crippen LogP contribution in [0.1, 0.15) is 16.7 Å². The molecule has 0 aliphatic rings. The quantitative estimate of drug-likeness (QED) is 0.492. The molecular formula is C16H12BrNO4. The van der Waals surface area contributed by atoms with Crippen LogP contribution in [0.2, 0.25) is 0 Å². The summed E-state index contributed by atoms with van der Waals surface area (Å²) in [5.41, 5.74) is 1.88. The summed E-state index contributed by atoms with van der Waals surface area (Å²) in [6.07, 6.45) is 3.29. The van der Waals surface area contributed by atoms with Crippen molar-refractivity contribution in [3.05, 3.63) is 73.7 Å². The molecule has 0 saturated carbocycles. The molecule has 112 valence electrons. The van der Waals surface area contributed by atoms with Gasteiger partial charge >= 0.3 is 5.97 Å². The third-order valence-corrected chi connectivity index (χ3v) is 3.75. The van der Waals surface area contributed by atoms with Crippen LogP contribution < -0.4 is 0 Å². The number of non-ortho nitro benzene ring substituents is 1. The summed E-state index contributed by atoms with van der Waals surface area (Å²) >= 11 is 3.41. The predicted molar refractivity (Wildman–Crippen MR) is 87.5 cm³/mol. The molecule has 0 unspecified atom stereocenters. The summed E-state index contributed by atoms with van der Waals surface area (Å²) in [4.78, 5) is 21.3. The first-order valence-electron chi connectivity index (χ1n) is 6.39. The number of aliphatic carboxylic acids is 1. The zero-order valence-corrected chi connectivity index (χ0v) is 13.0. The minimum atomic E-state index is -0.982. The standard InChI is InChI=1S/C16H12BrNO4/c17-15-4-2-1-3-11(15)5-6-12-9-14(18(21)22)8-7-13(12)10-16(19)20/h1-9H,10H2,(H,19,20). The first-order chi connectivity index (χ1) is 10.5. The molecule has 1 N–H and O–H groups in total. The lowest BCUT2D eigenvalue weighted by Crippen LogP contribution is -2.02. The molecular weight excluding hydrogens is 350 g/mol. The largest absolute Gasteiger partial charge is 0.481 e. The molecule has 0 aromatic heterocycles. The van der Waals surface area contributed by atoms with Crippen LogP contribution in [0.3, 0.4) is 0 Å². The number of carbonyl (C=O) groups is 1. The van der Waals surface area contributed by atoms with Gasteiger partial charge in [0, 0.05) is 16.6 Å². The molecule has 2 aromatic rings. The van der Waals surface area contributed by atoms with Gasteiger partial charge in [0.25, 0.3) is 5.69 Å². The molecule has 0 spiro atoms. The summed E-state index contributed by atoms with van der Waals surface area (Å²) in [5, 5.41) is 19.8. The summed E-state index contributed by atoms with van der Waals surface area (Å²) in [6.45, 7) is 0. The molecule has 2 aromatic carbocycles. The van der Waals surface area contributed by atoms with Crippen LogP contribution >= 0.6 is 15.9 Å². The van der Waals surface area contributed by atoms with Crippen LogP contribution in [0, 0.1) is 10.1 Å². The fourth-order valence-corrected chi connectivity index (χ4v) is 2.38. The molecule has 5 nitrogen and oxygen atoms in total. The fourth-order valence-electron chi connectivity index (χ4n) is 1.96. The van der Waals surface area contributed by atoms with Gasteiger partial charge in [0.05, 0.1) is 11.3 Å². The highest BCUT2D eigenvalue weighted by Crippen LogP contribution is 2.23. The van der Waals surface area contributed by atoms with Crippen LogP contribution in [0.5, 0.6) is 0 Å². The zero-order chi connectivity index (χ0) is 16.1. The highest BCUT2D eigenvalue weighted by Gasteiger charge is 2.11. The lowest BCUT2D eigenvalue weighted by atomic mass is 10.0. The van der Waals surface area contributed by atoms with Crippen LogP contribution in [0.15, 0.2) is 46.9 Å². The smallest absolute Gasteiger partial charge is 0.307 e. The number of halogens is 1. The van der Waals surface area contributed by atoms with E-state index in [1.54, 1.807) is 12.2 Å². The predicted octanol–water partition coefficient (Wildman–Crippen LogP) is 4.15. The van der Waals surface area contributed by atoms with Gasteiger partial charge in [-0.25, -0.2) is 0 Å². The second-order valence-corrected chi connectivity index (χ2v) is 5.42. The van der Waals surface area contributed by atoms with Crippen molar-refractivity contribution in [2.45, 2.75) is 6.42 Å². The highest BCUT2D eigenvalue weighted by molar-refractivity contribution is 9.10. The average Bonchev–Trinajstić information content (AvgIpc) is 2.47. The Balaban J connectivity index is 2.42. The van der Waals surface area contributed by atoms with Gasteiger partial charge in [-0.1, -0.05) is 52.3 Å². The van der Waals surface area contributed by atoms with E-state index in [-0.39, 0.29) is 12.1 Å². The van der Waals surface area contributed by atoms with Crippen molar-refractivity contribution < 1.29 is 14.8 Å². The van der Waals surface area contributed by atoms with Gasteiger partial charge in [-0.3, -0.25) is 14.9 Å². The number of hydrogen-bond donors (Lipinski definition) is 1. The van der Waals surface area contributed by atoms with E-state index >= 15 is 0 Å². The first-order valence-corrected chi connectivity index (χ1v) is 7.18. The Morgan fingerprint density at radius 3 is 2.50 bits per heavy atom. The molecule has 0 amide bonds. The molecule has 0 saturated heterocycles. The maximum absolute atomic E-state index is 10.9. The lowest BCUT2D eigenvalue weighted by Gasteiger charge is -2.04. The second kappa shape index (κ2) is 7.00. The lowest BCUT2D eigenvalue weighted by molar-refractivity contribution is -0.384. The molecule has 22 heavy (non-hydrogen) atoms. The fraction of sp³-hybridized carbons (Fsp3) is 0.0625. The number of carboxylic acid groups (broad SMARTS) is 1. The Kier molecular flexibility index (Phi) is 5.06. The van der Waals surface area contributed by atoms with E-state index in [0.29, 0.717) is 11.1 Å². The summed E-state index contributed by atoms with van der Waals surface area (Å²) in [6, 6.07) is 11.7. The Morgan fingerprint density at radius 2 is 1.86 bits per heavy atom. The highest BCUT2D eigenvalue weighted by atomic mass is 79.9. The third kappa shape index (κ3) is 4.02. The minimum absolute atomic E-state index is 0.0686. The van der Waals surface area contributed by atoms with E-state index in [2.05, 4.69) is 15.9 Å². The van der Waals surface area contributed by atoms with Gasteiger partial charge < -0.3 is 5.11 Å². The second-order valence-electron chi connectivity index (χ2n) is 4.57. The Morgan fingerprint density at radius 1 is 1.18 bits per heavy atom. The molecule has 0 aliphatic carbocycles. The van der Waals surface area contributed by atoms with E-state index in [1.807, 2.05) is 24.3 Å². The van der Waals surface area contributed by atoms with Gasteiger partial charge in [-0.15, -0.1) is 0 Å². The molecule has 0 radical (unpaired) electrons. The van der Waals surface area contributed by atoms with Crippen molar-refractivity contribution in [1.82, 2.24) is 0 Å². The van der Waals surface area contributed by atoms with Crippen LogP contribution in [0.25, 0.3) is 12.2 Å². The number of nitro groups is 1. The molecule has 0 atom stereocenters. The molecule has 6 heteroatoms. The maximum atomic E-state index is 10.9. The normalized spacial score (nSPS) is 10.8. The Bertz CT molecular complexity index is 756. The van der Waals surface area contributed by atoms with E-state index in [4.69, 9.17) is 5.11 Å². The summed E-state index contributed by atoms with van der Waals surface area (Å²) in [7, 11) is 0. The van der Waals surface area contributed by atoms with Crippen molar-refractivity contribution in [2.24, 2.45) is 0 Å². The zero-order valence-electron chi connectivity index (χ0n) is 11.4. The van der Waals surface area contributed by atoms with Crippen molar-refractivity contribution in [3.8, 4) is 0 Å². The van der Waals surface area contributed by atoms with E-state index in [9.17, 15) is 14.9 Å². The number of rotatable bonds is 5. The van der Waals surface area contributed by atoms with Gasteiger partial charge in [0.15, 0.2) is 0 Å². The number of carboxylic acids is 1. The SMILES string of the molecule is O=C(O)Cc1ccc([N+](=O)[O-])cc1C=Cc1ccccc1Br. The molecule has 0 bridgehead atoms. The molecule has 0 aliphatic heterocycles. The Labute approximate surface area is 135 Å². The molecule has 0 heterocycles. The number of benzene rings is 2. The van der Waals surface area contributed by atoms with E-state index < -0.39 is 10.9 Å². The van der Waals surface area contributed by atoms with E-state index in [1.165, 1.54) is 18.2 Å². The number of nitro benzene ring substituents is 1. The minimum Gasteiger partial charge on any atom is -0.481 e. The van der Waals surface area contributed by atoms with Crippen molar-refractivity contribution in [1.29, 1.82) is 0 Å². The first kappa shape index (κ1) is 15.9. The number of nitrogens with zero attached hydrogens (tertiary/aromatic N) is 1. The maximum Gasteiger partial charge on any atom is 0.307 e. The van der Waals surface area contributed by atoms with Crippen LogP contribution in [-0.4, -0.2) is 16.0 Å². The van der Waals surface area contributed by atoms with Gasteiger partial charge in [0.2, 0.25) is 0 Å². The Hall–Kier alpha value is -2.47. The van der Waals surface area contributed by atoms with Crippen molar-refractivity contribution >= 4 is 39.7 Å². The monoisotopic (exact) mass is 361 g/mol. The summed E-state index contributed by atoms with van der Waals surface area (Å²) in [5.74, 6) is -0.982. The van der Waals surface area contributed by atoms with Crippen LogP contribution in [-0.2, 0) is 11.2 Å².